The number of nitrogens with one attached hydrogen (secondary N) is 1. The van der Waals surface area contributed by atoms with E-state index in [0.29, 0.717) is 22.2 Å². The lowest BCUT2D eigenvalue weighted by Gasteiger charge is -2.33. The Morgan fingerprint density at radius 1 is 1.12 bits per heavy atom. The molecule has 0 spiro atoms. The number of aromatic nitrogens is 1. The van der Waals surface area contributed by atoms with Crippen LogP contribution in [0.2, 0.25) is 5.02 Å². The summed E-state index contributed by atoms with van der Waals surface area (Å²) in [6.07, 6.45) is 0.0489. The number of piperazine rings is 1. The molecule has 4 rings (SSSR count). The minimum atomic E-state index is -0.266. The van der Waals surface area contributed by atoms with Crippen molar-refractivity contribution >= 4 is 39.9 Å². The van der Waals surface area contributed by atoms with Crippen molar-refractivity contribution in [2.45, 2.75) is 26.9 Å². The zero-order chi connectivity index (χ0) is 24.2. The standard InChI is InChI=1S/C26H31ClN4O3/c1-17(2)34-20-6-8-24(22(27)15-20)33-16-26(32)28-19-5-7-23-21(14-19)18(3)13-25(29-23)31-11-9-30(4)10-12-31/h5-8,13-15,17H,9-12,16H2,1-4H3,(H,28,32). The smallest absolute Gasteiger partial charge is 0.262 e. The van der Waals surface area contributed by atoms with Crippen LogP contribution in [0.3, 0.4) is 0 Å². The fraction of sp³-hybridized carbons (Fsp3) is 0.385. The molecule has 1 aromatic heterocycles. The van der Waals surface area contributed by atoms with E-state index >= 15 is 0 Å². The largest absolute Gasteiger partial charge is 0.491 e. The first-order valence-corrected chi connectivity index (χ1v) is 11.9. The molecule has 0 aliphatic carbocycles. The van der Waals surface area contributed by atoms with Crippen LogP contribution < -0.4 is 19.7 Å². The number of benzene rings is 2. The number of amides is 1. The average Bonchev–Trinajstić information content (AvgIpc) is 2.79. The zero-order valence-electron chi connectivity index (χ0n) is 20.1. The van der Waals surface area contributed by atoms with E-state index < -0.39 is 0 Å². The number of carbonyl (C=O) groups is 1. The molecule has 180 valence electrons. The molecule has 1 amide bonds. The maximum absolute atomic E-state index is 12.5. The monoisotopic (exact) mass is 482 g/mol. The fourth-order valence-electron chi connectivity index (χ4n) is 3.94. The van der Waals surface area contributed by atoms with E-state index in [1.165, 1.54) is 0 Å². The lowest BCUT2D eigenvalue weighted by molar-refractivity contribution is -0.118. The molecule has 1 aliphatic heterocycles. The number of fused-ring (bicyclic) bond motifs is 1. The summed E-state index contributed by atoms with van der Waals surface area (Å²) in [6.45, 7) is 9.83. The van der Waals surface area contributed by atoms with Gasteiger partial charge in [0.15, 0.2) is 6.61 Å². The molecule has 34 heavy (non-hydrogen) atoms. The van der Waals surface area contributed by atoms with Gasteiger partial charge in [-0.15, -0.1) is 0 Å². The Kier molecular flexibility index (Phi) is 7.44. The second kappa shape index (κ2) is 10.5. The number of rotatable bonds is 7. The van der Waals surface area contributed by atoms with Crippen LogP contribution >= 0.6 is 11.6 Å². The fourth-order valence-corrected chi connectivity index (χ4v) is 4.16. The van der Waals surface area contributed by atoms with Gasteiger partial charge in [0.05, 0.1) is 16.6 Å². The van der Waals surface area contributed by atoms with Gasteiger partial charge in [0.2, 0.25) is 0 Å². The third-order valence-corrected chi connectivity index (χ3v) is 6.04. The predicted octanol–water partition coefficient (Wildman–Crippen LogP) is 4.75. The van der Waals surface area contributed by atoms with Crippen molar-refractivity contribution in [2.75, 3.05) is 50.1 Å². The van der Waals surface area contributed by atoms with Gasteiger partial charge < -0.3 is 24.6 Å². The van der Waals surface area contributed by atoms with E-state index in [-0.39, 0.29) is 18.6 Å². The summed E-state index contributed by atoms with van der Waals surface area (Å²) in [7, 11) is 2.14. The summed E-state index contributed by atoms with van der Waals surface area (Å²) in [5.74, 6) is 1.83. The summed E-state index contributed by atoms with van der Waals surface area (Å²) >= 11 is 6.27. The van der Waals surface area contributed by atoms with Crippen molar-refractivity contribution in [2.24, 2.45) is 0 Å². The Bertz CT molecular complexity index is 1180. The number of aryl methyl sites for hydroxylation is 1. The second-order valence-corrected chi connectivity index (χ2v) is 9.32. The summed E-state index contributed by atoms with van der Waals surface area (Å²) in [5, 5.41) is 4.31. The third-order valence-electron chi connectivity index (χ3n) is 5.75. The number of hydrogen-bond donors (Lipinski definition) is 1. The number of carbonyl (C=O) groups excluding carboxylic acids is 1. The van der Waals surface area contributed by atoms with E-state index in [0.717, 1.165) is 48.5 Å². The number of hydrogen-bond acceptors (Lipinski definition) is 6. The summed E-state index contributed by atoms with van der Waals surface area (Å²) in [6, 6.07) is 13.1. The van der Waals surface area contributed by atoms with Gasteiger partial charge in [-0.25, -0.2) is 4.98 Å². The van der Waals surface area contributed by atoms with Gasteiger partial charge >= 0.3 is 0 Å². The highest BCUT2D eigenvalue weighted by Crippen LogP contribution is 2.30. The topological polar surface area (TPSA) is 66.9 Å². The summed E-state index contributed by atoms with van der Waals surface area (Å²) in [4.78, 5) is 22.0. The Balaban J connectivity index is 1.39. The van der Waals surface area contributed by atoms with Crippen LogP contribution in [0.4, 0.5) is 11.5 Å². The Morgan fingerprint density at radius 3 is 2.59 bits per heavy atom. The lowest BCUT2D eigenvalue weighted by Crippen LogP contribution is -2.44. The first-order valence-electron chi connectivity index (χ1n) is 11.5. The molecule has 0 bridgehead atoms. The lowest BCUT2D eigenvalue weighted by atomic mass is 10.1. The first-order chi connectivity index (χ1) is 16.3. The van der Waals surface area contributed by atoms with Crippen LogP contribution in [0.15, 0.2) is 42.5 Å². The van der Waals surface area contributed by atoms with Crippen LogP contribution in [0.25, 0.3) is 10.9 Å². The van der Waals surface area contributed by atoms with E-state index in [4.69, 9.17) is 26.1 Å². The zero-order valence-corrected chi connectivity index (χ0v) is 20.9. The number of nitrogens with zero attached hydrogens (tertiary/aromatic N) is 3. The maximum Gasteiger partial charge on any atom is 0.262 e. The van der Waals surface area contributed by atoms with Crippen molar-refractivity contribution in [1.29, 1.82) is 0 Å². The number of ether oxygens (including phenoxy) is 2. The summed E-state index contributed by atoms with van der Waals surface area (Å²) in [5.41, 5.74) is 2.74. The van der Waals surface area contributed by atoms with Crippen molar-refractivity contribution in [3.63, 3.8) is 0 Å². The quantitative estimate of drug-likeness (QED) is 0.524. The third kappa shape index (κ3) is 5.90. The summed E-state index contributed by atoms with van der Waals surface area (Å²) < 4.78 is 11.2. The molecule has 2 heterocycles. The first kappa shape index (κ1) is 24.1. The molecule has 2 aromatic carbocycles. The highest BCUT2D eigenvalue weighted by Gasteiger charge is 2.17. The minimum Gasteiger partial charge on any atom is -0.491 e. The van der Waals surface area contributed by atoms with Gasteiger partial charge in [-0.05, 0) is 69.8 Å². The van der Waals surface area contributed by atoms with E-state index in [1.54, 1.807) is 18.2 Å². The van der Waals surface area contributed by atoms with Crippen molar-refractivity contribution < 1.29 is 14.3 Å². The molecule has 3 aromatic rings. The Hall–Kier alpha value is -3.03. The van der Waals surface area contributed by atoms with E-state index in [2.05, 4.69) is 35.2 Å². The van der Waals surface area contributed by atoms with Crippen LogP contribution in [-0.2, 0) is 4.79 Å². The number of halogens is 1. The number of pyridine rings is 1. The molecule has 0 radical (unpaired) electrons. The highest BCUT2D eigenvalue weighted by molar-refractivity contribution is 6.32. The van der Waals surface area contributed by atoms with Crippen LogP contribution in [0.5, 0.6) is 11.5 Å². The van der Waals surface area contributed by atoms with E-state index in [9.17, 15) is 4.79 Å². The Morgan fingerprint density at radius 2 is 1.88 bits per heavy atom. The van der Waals surface area contributed by atoms with Crippen molar-refractivity contribution in [3.05, 3.63) is 53.1 Å². The molecule has 1 aliphatic rings. The number of anilines is 2. The van der Waals surface area contributed by atoms with Gasteiger partial charge in [-0.2, -0.15) is 0 Å². The molecule has 1 N–H and O–H groups in total. The minimum absolute atomic E-state index is 0.0489. The molecule has 0 atom stereocenters. The molecule has 7 nitrogen and oxygen atoms in total. The van der Waals surface area contributed by atoms with Crippen molar-refractivity contribution in [1.82, 2.24) is 9.88 Å². The van der Waals surface area contributed by atoms with Gasteiger partial charge in [0, 0.05) is 43.3 Å². The second-order valence-electron chi connectivity index (χ2n) is 8.92. The van der Waals surface area contributed by atoms with E-state index in [1.807, 2.05) is 32.0 Å². The van der Waals surface area contributed by atoms with Crippen LogP contribution in [0.1, 0.15) is 19.4 Å². The van der Waals surface area contributed by atoms with Gasteiger partial charge in [-0.3, -0.25) is 4.79 Å². The molecule has 1 fully saturated rings. The predicted molar refractivity (Wildman–Crippen MR) is 138 cm³/mol. The normalized spacial score (nSPS) is 14.5. The molecule has 1 saturated heterocycles. The van der Waals surface area contributed by atoms with Gasteiger partial charge in [-0.1, -0.05) is 11.6 Å². The molecule has 0 saturated carbocycles. The molecule has 0 unspecified atom stereocenters. The SMILES string of the molecule is Cc1cc(N2CCN(C)CC2)nc2ccc(NC(=O)COc3ccc(OC(C)C)cc3Cl)cc12. The van der Waals surface area contributed by atoms with Crippen LogP contribution in [0, 0.1) is 6.92 Å². The number of likely N-dealkylation sites (N-methyl/N-ethyl adjacent to an activating group) is 1. The van der Waals surface area contributed by atoms with Gasteiger partial charge in [0.25, 0.3) is 5.91 Å². The maximum atomic E-state index is 12.5. The van der Waals surface area contributed by atoms with Crippen LogP contribution in [-0.4, -0.2) is 61.7 Å². The molecular formula is C26H31ClN4O3. The molecular weight excluding hydrogens is 452 g/mol. The highest BCUT2D eigenvalue weighted by atomic mass is 35.5. The Labute approximate surface area is 205 Å². The average molecular weight is 483 g/mol. The van der Waals surface area contributed by atoms with Crippen molar-refractivity contribution in [3.8, 4) is 11.5 Å². The van der Waals surface area contributed by atoms with Gasteiger partial charge in [0.1, 0.15) is 17.3 Å². The molecule has 8 heteroatoms.